The van der Waals surface area contributed by atoms with E-state index in [2.05, 4.69) is 10.2 Å². The Kier molecular flexibility index (Phi) is 2.81. The van der Waals surface area contributed by atoms with Crippen molar-refractivity contribution in [2.45, 2.75) is 18.9 Å². The fourth-order valence-corrected chi connectivity index (χ4v) is 2.59. The van der Waals surface area contributed by atoms with E-state index in [4.69, 9.17) is 10.5 Å². The molecule has 4 nitrogen and oxygen atoms in total. The molecule has 17 heavy (non-hydrogen) atoms. The summed E-state index contributed by atoms with van der Waals surface area (Å²) in [6, 6.07) is 5.77. The summed E-state index contributed by atoms with van der Waals surface area (Å²) >= 11 is 0. The summed E-state index contributed by atoms with van der Waals surface area (Å²) in [5.41, 5.74) is 7.54. The fourth-order valence-electron chi connectivity index (χ4n) is 2.59. The average molecular weight is 233 g/mol. The fraction of sp³-hybridized carbons (Fsp3) is 0.538. The molecular formula is C13H19N3O. The summed E-state index contributed by atoms with van der Waals surface area (Å²) in [6.45, 7) is 4.33. The third-order valence-electron chi connectivity index (χ3n) is 3.48. The summed E-state index contributed by atoms with van der Waals surface area (Å²) in [7, 11) is 0. The van der Waals surface area contributed by atoms with E-state index < -0.39 is 0 Å². The number of anilines is 2. The number of likely N-dealkylation sites (tertiary alicyclic amines) is 1. The largest absolute Gasteiger partial charge is 0.485 e. The van der Waals surface area contributed by atoms with Gasteiger partial charge in [0.15, 0.2) is 0 Å². The first kappa shape index (κ1) is 10.7. The van der Waals surface area contributed by atoms with Crippen molar-refractivity contribution in [3.05, 3.63) is 18.2 Å². The van der Waals surface area contributed by atoms with Gasteiger partial charge in [-0.25, -0.2) is 0 Å². The molecule has 3 rings (SSSR count). The Bertz CT molecular complexity index is 402. The van der Waals surface area contributed by atoms with Gasteiger partial charge in [-0.15, -0.1) is 0 Å². The molecule has 0 radical (unpaired) electrons. The number of hydrogen-bond acceptors (Lipinski definition) is 4. The number of rotatable bonds is 2. The highest BCUT2D eigenvalue weighted by atomic mass is 16.5. The van der Waals surface area contributed by atoms with Crippen LogP contribution in [0.3, 0.4) is 0 Å². The van der Waals surface area contributed by atoms with Gasteiger partial charge in [0.05, 0.1) is 12.2 Å². The number of nitrogens with one attached hydrogen (secondary N) is 1. The molecule has 1 aromatic carbocycles. The van der Waals surface area contributed by atoms with Crippen LogP contribution in [0, 0.1) is 0 Å². The minimum Gasteiger partial charge on any atom is -0.485 e. The molecule has 4 heteroatoms. The Balaban J connectivity index is 1.65. The summed E-state index contributed by atoms with van der Waals surface area (Å²) in [5.74, 6) is 0.926. The zero-order valence-electron chi connectivity index (χ0n) is 9.98. The lowest BCUT2D eigenvalue weighted by atomic mass is 10.2. The number of nitrogen functional groups attached to an aromatic ring is 1. The Hall–Kier alpha value is -1.42. The van der Waals surface area contributed by atoms with E-state index in [0.717, 1.165) is 30.2 Å². The van der Waals surface area contributed by atoms with Gasteiger partial charge >= 0.3 is 0 Å². The molecule has 1 saturated heterocycles. The van der Waals surface area contributed by atoms with Crippen LogP contribution in [0.25, 0.3) is 0 Å². The molecule has 1 atom stereocenters. The van der Waals surface area contributed by atoms with Crippen LogP contribution in [0.15, 0.2) is 18.2 Å². The average Bonchev–Trinajstić information content (AvgIpc) is 2.82. The molecule has 0 aromatic heterocycles. The van der Waals surface area contributed by atoms with Gasteiger partial charge in [-0.2, -0.15) is 0 Å². The maximum absolute atomic E-state index is 5.99. The predicted molar refractivity (Wildman–Crippen MR) is 69.4 cm³/mol. The molecular weight excluding hydrogens is 214 g/mol. The van der Waals surface area contributed by atoms with Crippen molar-refractivity contribution >= 4 is 11.4 Å². The van der Waals surface area contributed by atoms with Gasteiger partial charge in [-0.3, -0.25) is 4.90 Å². The third-order valence-corrected chi connectivity index (χ3v) is 3.48. The monoisotopic (exact) mass is 233 g/mol. The van der Waals surface area contributed by atoms with Crippen molar-refractivity contribution in [3.63, 3.8) is 0 Å². The minimum atomic E-state index is 0.254. The molecule has 2 heterocycles. The lowest BCUT2D eigenvalue weighted by Crippen LogP contribution is -2.40. The number of nitrogens with zero attached hydrogens (tertiary/aromatic N) is 1. The van der Waals surface area contributed by atoms with Crippen LogP contribution in [0.2, 0.25) is 0 Å². The Morgan fingerprint density at radius 3 is 3.00 bits per heavy atom. The second kappa shape index (κ2) is 4.45. The molecule has 0 bridgehead atoms. The van der Waals surface area contributed by atoms with E-state index >= 15 is 0 Å². The normalized spacial score (nSPS) is 23.9. The van der Waals surface area contributed by atoms with E-state index in [9.17, 15) is 0 Å². The van der Waals surface area contributed by atoms with Gasteiger partial charge in [-0.1, -0.05) is 0 Å². The third kappa shape index (κ3) is 2.31. The predicted octanol–water partition coefficient (Wildman–Crippen LogP) is 1.54. The Morgan fingerprint density at radius 1 is 1.35 bits per heavy atom. The highest BCUT2D eigenvalue weighted by Crippen LogP contribution is 2.31. The van der Waals surface area contributed by atoms with Gasteiger partial charge < -0.3 is 15.8 Å². The minimum absolute atomic E-state index is 0.254. The van der Waals surface area contributed by atoms with Crippen LogP contribution >= 0.6 is 0 Å². The standard InChI is InChI=1S/C13H19N3O/c14-10-3-4-13-12(7-10)15-8-11(17-13)9-16-5-1-2-6-16/h3-4,7,11,15H,1-2,5-6,8-9,14H2/t11-/m0/s1. The topological polar surface area (TPSA) is 50.5 Å². The quantitative estimate of drug-likeness (QED) is 0.761. The lowest BCUT2D eigenvalue weighted by molar-refractivity contribution is 0.151. The van der Waals surface area contributed by atoms with Crippen molar-refractivity contribution < 1.29 is 4.74 Å². The second-order valence-corrected chi connectivity index (χ2v) is 4.88. The van der Waals surface area contributed by atoms with Gasteiger partial charge in [0.1, 0.15) is 11.9 Å². The van der Waals surface area contributed by atoms with Gasteiger partial charge in [0.2, 0.25) is 0 Å². The van der Waals surface area contributed by atoms with Crippen molar-refractivity contribution in [1.82, 2.24) is 4.90 Å². The molecule has 1 fully saturated rings. The first-order chi connectivity index (χ1) is 8.31. The number of ether oxygens (including phenoxy) is 1. The first-order valence-corrected chi connectivity index (χ1v) is 6.34. The molecule has 92 valence electrons. The summed E-state index contributed by atoms with van der Waals surface area (Å²) < 4.78 is 5.99. The van der Waals surface area contributed by atoms with E-state index in [1.807, 2.05) is 18.2 Å². The van der Waals surface area contributed by atoms with E-state index in [0.29, 0.717) is 0 Å². The molecule has 2 aliphatic rings. The summed E-state index contributed by atoms with van der Waals surface area (Å²) in [5, 5.41) is 3.40. The lowest BCUT2D eigenvalue weighted by Gasteiger charge is -2.30. The molecule has 0 unspecified atom stereocenters. The molecule has 2 aliphatic heterocycles. The Morgan fingerprint density at radius 2 is 2.18 bits per heavy atom. The van der Waals surface area contributed by atoms with Crippen LogP contribution in [0.4, 0.5) is 11.4 Å². The van der Waals surface area contributed by atoms with E-state index in [-0.39, 0.29) is 6.10 Å². The molecule has 0 aliphatic carbocycles. The van der Waals surface area contributed by atoms with E-state index in [1.54, 1.807) is 0 Å². The highest BCUT2D eigenvalue weighted by molar-refractivity contribution is 5.64. The Labute approximate surface area is 102 Å². The van der Waals surface area contributed by atoms with Gasteiger partial charge in [0.25, 0.3) is 0 Å². The van der Waals surface area contributed by atoms with Crippen LogP contribution in [0.5, 0.6) is 5.75 Å². The van der Waals surface area contributed by atoms with Crippen molar-refractivity contribution in [2.75, 3.05) is 37.2 Å². The van der Waals surface area contributed by atoms with Crippen LogP contribution in [-0.2, 0) is 0 Å². The SMILES string of the molecule is Nc1ccc2c(c1)NC[C@@H](CN1CCCC1)O2. The maximum atomic E-state index is 5.99. The maximum Gasteiger partial charge on any atom is 0.143 e. The van der Waals surface area contributed by atoms with Gasteiger partial charge in [-0.05, 0) is 44.1 Å². The zero-order chi connectivity index (χ0) is 11.7. The van der Waals surface area contributed by atoms with Gasteiger partial charge in [0, 0.05) is 12.2 Å². The van der Waals surface area contributed by atoms with Crippen LogP contribution in [0.1, 0.15) is 12.8 Å². The van der Waals surface area contributed by atoms with Crippen molar-refractivity contribution in [3.8, 4) is 5.75 Å². The molecule has 3 N–H and O–H groups in total. The summed E-state index contributed by atoms with van der Waals surface area (Å²) in [6.07, 6.45) is 2.91. The number of nitrogens with two attached hydrogens (primary N) is 1. The van der Waals surface area contributed by atoms with Crippen molar-refractivity contribution in [1.29, 1.82) is 0 Å². The van der Waals surface area contributed by atoms with Crippen molar-refractivity contribution in [2.24, 2.45) is 0 Å². The van der Waals surface area contributed by atoms with Crippen LogP contribution < -0.4 is 15.8 Å². The number of fused-ring (bicyclic) bond motifs is 1. The van der Waals surface area contributed by atoms with E-state index in [1.165, 1.54) is 25.9 Å². The molecule has 0 spiro atoms. The number of benzene rings is 1. The molecule has 1 aromatic rings. The molecule has 0 amide bonds. The smallest absolute Gasteiger partial charge is 0.143 e. The highest BCUT2D eigenvalue weighted by Gasteiger charge is 2.23. The number of hydrogen-bond donors (Lipinski definition) is 2. The summed E-state index contributed by atoms with van der Waals surface area (Å²) in [4.78, 5) is 2.48. The second-order valence-electron chi connectivity index (χ2n) is 4.88. The first-order valence-electron chi connectivity index (χ1n) is 6.34. The zero-order valence-corrected chi connectivity index (χ0v) is 9.98. The molecule has 0 saturated carbocycles. The van der Waals surface area contributed by atoms with Crippen LogP contribution in [-0.4, -0.2) is 37.2 Å².